The first kappa shape index (κ1) is 15.7. The van der Waals surface area contributed by atoms with Gasteiger partial charge in [0.15, 0.2) is 0 Å². The van der Waals surface area contributed by atoms with Crippen LogP contribution in [-0.2, 0) is 17.8 Å². The molecule has 2 aromatic carbocycles. The minimum Gasteiger partial charge on any atom is -0.508 e. The molecule has 6 nitrogen and oxygen atoms in total. The lowest BCUT2D eigenvalue weighted by Gasteiger charge is -2.10. The van der Waals surface area contributed by atoms with Crippen molar-refractivity contribution in [2.24, 2.45) is 0 Å². The van der Waals surface area contributed by atoms with Crippen molar-refractivity contribution in [3.8, 4) is 5.75 Å². The molecule has 0 bridgehead atoms. The molecule has 0 amide bonds. The number of phenols is 1. The van der Waals surface area contributed by atoms with Crippen LogP contribution in [0.15, 0.2) is 53.3 Å². The molecule has 3 rings (SSSR count). The Bertz CT molecular complexity index is 945. The average molecular weight is 324 g/mol. The topological polar surface area (TPSA) is 92.4 Å². The molecule has 0 aliphatic rings. The number of carboxylic acids is 1. The third-order valence-corrected chi connectivity index (χ3v) is 3.79. The molecular weight excluding hydrogens is 308 g/mol. The summed E-state index contributed by atoms with van der Waals surface area (Å²) in [6.45, 7) is 0.0293. The van der Waals surface area contributed by atoms with E-state index in [2.05, 4.69) is 5.10 Å². The van der Waals surface area contributed by atoms with E-state index in [1.807, 2.05) is 12.1 Å². The molecule has 0 radical (unpaired) electrons. The van der Waals surface area contributed by atoms with Gasteiger partial charge in [0, 0.05) is 11.8 Å². The van der Waals surface area contributed by atoms with Gasteiger partial charge >= 0.3 is 5.97 Å². The summed E-state index contributed by atoms with van der Waals surface area (Å²) in [5, 5.41) is 23.9. The number of aromatic hydroxyl groups is 1. The fraction of sp³-hybridized carbons (Fsp3) is 0.167. The first-order chi connectivity index (χ1) is 11.5. The number of aliphatic carboxylic acids is 1. The second-order valence-corrected chi connectivity index (χ2v) is 5.51. The van der Waals surface area contributed by atoms with Gasteiger partial charge in [0.1, 0.15) is 5.75 Å². The molecule has 0 saturated heterocycles. The van der Waals surface area contributed by atoms with Crippen LogP contribution in [-0.4, -0.2) is 26.0 Å². The second kappa shape index (κ2) is 6.54. The lowest BCUT2D eigenvalue weighted by Crippen LogP contribution is -2.26. The monoisotopic (exact) mass is 324 g/mol. The zero-order valence-corrected chi connectivity index (χ0v) is 12.8. The molecule has 1 heterocycles. The predicted molar refractivity (Wildman–Crippen MR) is 89.2 cm³/mol. The van der Waals surface area contributed by atoms with E-state index in [4.69, 9.17) is 5.11 Å². The summed E-state index contributed by atoms with van der Waals surface area (Å²) in [6, 6.07) is 13.9. The highest BCUT2D eigenvalue weighted by atomic mass is 16.4. The molecule has 122 valence electrons. The largest absolute Gasteiger partial charge is 0.508 e. The molecule has 1 aromatic heterocycles. The van der Waals surface area contributed by atoms with E-state index in [1.165, 1.54) is 4.68 Å². The summed E-state index contributed by atoms with van der Waals surface area (Å²) in [7, 11) is 0. The van der Waals surface area contributed by atoms with Crippen LogP contribution in [0, 0.1) is 0 Å². The summed E-state index contributed by atoms with van der Waals surface area (Å²) in [5.41, 5.74) is 1.34. The Kier molecular flexibility index (Phi) is 4.29. The van der Waals surface area contributed by atoms with Crippen molar-refractivity contribution in [1.29, 1.82) is 0 Å². The van der Waals surface area contributed by atoms with Gasteiger partial charge in [-0.3, -0.25) is 9.59 Å². The van der Waals surface area contributed by atoms with Gasteiger partial charge in [-0.15, -0.1) is 0 Å². The van der Waals surface area contributed by atoms with Crippen molar-refractivity contribution in [2.75, 3.05) is 0 Å². The van der Waals surface area contributed by atoms with Gasteiger partial charge in [0.2, 0.25) is 0 Å². The van der Waals surface area contributed by atoms with Crippen LogP contribution in [0.4, 0.5) is 0 Å². The van der Waals surface area contributed by atoms with Crippen molar-refractivity contribution in [2.45, 2.75) is 19.4 Å². The van der Waals surface area contributed by atoms with E-state index in [1.54, 1.807) is 36.4 Å². The Labute approximate surface area is 137 Å². The molecule has 0 fully saturated rings. The highest BCUT2D eigenvalue weighted by Gasteiger charge is 2.11. The minimum absolute atomic E-state index is 0.0293. The van der Waals surface area contributed by atoms with Crippen LogP contribution in [0.25, 0.3) is 10.8 Å². The van der Waals surface area contributed by atoms with Crippen molar-refractivity contribution < 1.29 is 15.0 Å². The maximum Gasteiger partial charge on any atom is 0.305 e. The van der Waals surface area contributed by atoms with Gasteiger partial charge in [0.25, 0.3) is 5.56 Å². The molecule has 0 spiro atoms. The fourth-order valence-electron chi connectivity index (χ4n) is 2.60. The van der Waals surface area contributed by atoms with Crippen molar-refractivity contribution in [3.63, 3.8) is 0 Å². The Morgan fingerprint density at radius 3 is 2.38 bits per heavy atom. The number of benzene rings is 2. The normalized spacial score (nSPS) is 10.8. The third kappa shape index (κ3) is 3.27. The Morgan fingerprint density at radius 2 is 1.71 bits per heavy atom. The maximum absolute atomic E-state index is 12.5. The Morgan fingerprint density at radius 1 is 1.04 bits per heavy atom. The molecule has 2 N–H and O–H groups in total. The van der Waals surface area contributed by atoms with Crippen LogP contribution in [0.5, 0.6) is 5.75 Å². The Hall–Kier alpha value is -3.15. The lowest BCUT2D eigenvalue weighted by molar-refractivity contribution is -0.137. The molecule has 0 saturated carbocycles. The number of hydrogen-bond acceptors (Lipinski definition) is 4. The molecule has 0 atom stereocenters. The number of aryl methyl sites for hydroxylation is 1. The summed E-state index contributed by atoms with van der Waals surface area (Å²) >= 11 is 0. The number of aromatic nitrogens is 2. The van der Waals surface area contributed by atoms with Crippen LogP contribution in [0.1, 0.15) is 17.7 Å². The minimum atomic E-state index is -0.975. The number of hydrogen-bond donors (Lipinski definition) is 2. The van der Waals surface area contributed by atoms with E-state index >= 15 is 0 Å². The van der Waals surface area contributed by atoms with E-state index < -0.39 is 5.97 Å². The quantitative estimate of drug-likeness (QED) is 0.750. The first-order valence-electron chi connectivity index (χ1n) is 7.53. The van der Waals surface area contributed by atoms with Gasteiger partial charge in [0.05, 0.1) is 24.0 Å². The predicted octanol–water partition coefficient (Wildman–Crippen LogP) is 2.17. The summed E-state index contributed by atoms with van der Waals surface area (Å²) < 4.78 is 1.21. The summed E-state index contributed by atoms with van der Waals surface area (Å²) in [6.07, 6.45) is 0.318. The number of fused-ring (bicyclic) bond motifs is 1. The average Bonchev–Trinajstić information content (AvgIpc) is 2.58. The fourth-order valence-corrected chi connectivity index (χ4v) is 2.60. The SMILES string of the molecule is O=C(O)CCn1nc(Cc2ccc(O)cc2)c2ccccc2c1=O. The lowest BCUT2D eigenvalue weighted by atomic mass is 10.0. The summed E-state index contributed by atoms with van der Waals surface area (Å²) in [5.74, 6) is -0.792. The zero-order chi connectivity index (χ0) is 17.1. The van der Waals surface area contributed by atoms with E-state index in [0.29, 0.717) is 17.5 Å². The van der Waals surface area contributed by atoms with Gasteiger partial charge in [-0.25, -0.2) is 4.68 Å². The van der Waals surface area contributed by atoms with Crippen molar-refractivity contribution >= 4 is 16.7 Å². The molecule has 24 heavy (non-hydrogen) atoms. The first-order valence-corrected chi connectivity index (χ1v) is 7.53. The molecule has 0 unspecified atom stereocenters. The van der Waals surface area contributed by atoms with Crippen LogP contribution < -0.4 is 5.56 Å². The third-order valence-electron chi connectivity index (χ3n) is 3.79. The number of carbonyl (C=O) groups is 1. The zero-order valence-electron chi connectivity index (χ0n) is 12.8. The number of phenolic OH excluding ortho intramolecular Hbond substituents is 1. The Balaban J connectivity index is 2.07. The molecule has 0 aliphatic heterocycles. The maximum atomic E-state index is 12.5. The molecule has 3 aromatic rings. The van der Waals surface area contributed by atoms with Crippen LogP contribution in [0.2, 0.25) is 0 Å². The highest BCUT2D eigenvalue weighted by Crippen LogP contribution is 2.18. The molecular formula is C18H16N2O4. The van der Waals surface area contributed by atoms with Crippen molar-refractivity contribution in [1.82, 2.24) is 9.78 Å². The second-order valence-electron chi connectivity index (χ2n) is 5.51. The van der Waals surface area contributed by atoms with Gasteiger partial charge in [-0.05, 0) is 23.8 Å². The van der Waals surface area contributed by atoms with Crippen LogP contribution >= 0.6 is 0 Å². The number of carboxylic acid groups (broad SMARTS) is 1. The number of nitrogens with zero attached hydrogens (tertiary/aromatic N) is 2. The van der Waals surface area contributed by atoms with Gasteiger partial charge < -0.3 is 10.2 Å². The van der Waals surface area contributed by atoms with Gasteiger partial charge in [-0.2, -0.15) is 5.10 Å². The standard InChI is InChI=1S/C18H16N2O4/c21-13-7-5-12(6-8-13)11-16-14-3-1-2-4-15(14)18(24)20(19-16)10-9-17(22)23/h1-8,21H,9-11H2,(H,22,23). The van der Waals surface area contributed by atoms with Crippen LogP contribution in [0.3, 0.4) is 0 Å². The molecule has 6 heteroatoms. The molecule has 0 aliphatic carbocycles. The van der Waals surface area contributed by atoms with Gasteiger partial charge in [-0.1, -0.05) is 30.3 Å². The van der Waals surface area contributed by atoms with E-state index in [9.17, 15) is 14.7 Å². The van der Waals surface area contributed by atoms with E-state index in [-0.39, 0.29) is 24.3 Å². The smallest absolute Gasteiger partial charge is 0.305 e. The van der Waals surface area contributed by atoms with E-state index in [0.717, 1.165) is 10.9 Å². The summed E-state index contributed by atoms with van der Waals surface area (Å²) in [4.78, 5) is 23.3. The van der Waals surface area contributed by atoms with Crippen molar-refractivity contribution in [3.05, 3.63) is 70.1 Å². The number of rotatable bonds is 5. The highest BCUT2D eigenvalue weighted by molar-refractivity contribution is 5.83.